The summed E-state index contributed by atoms with van der Waals surface area (Å²) >= 11 is 1.27. The Bertz CT molecular complexity index is 1160. The van der Waals surface area contributed by atoms with Crippen LogP contribution in [0.1, 0.15) is 0 Å². The number of thioether (sulfide) groups is 1. The monoisotopic (exact) mass is 436 g/mol. The molecular formula is C21H20N6O3S. The van der Waals surface area contributed by atoms with Crippen molar-refractivity contribution in [3.05, 3.63) is 67.1 Å². The molecule has 0 saturated heterocycles. The number of pyridine rings is 1. The normalized spacial score (nSPS) is 10.6. The van der Waals surface area contributed by atoms with Crippen LogP contribution in [-0.2, 0) is 4.79 Å². The highest BCUT2D eigenvalue weighted by Gasteiger charge is 2.18. The number of benzene rings is 1. The zero-order valence-electron chi connectivity index (χ0n) is 16.9. The maximum absolute atomic E-state index is 12.6. The number of methoxy groups -OCH3 is 2. The van der Waals surface area contributed by atoms with Gasteiger partial charge in [0, 0.05) is 24.7 Å². The third-order valence-corrected chi connectivity index (χ3v) is 5.26. The number of carbonyl (C=O) groups excluding carboxylic acids is 1. The number of ether oxygens (including phenoxy) is 2. The summed E-state index contributed by atoms with van der Waals surface area (Å²) in [5, 5.41) is 12.0. The minimum atomic E-state index is -0.199. The standard InChI is InChI=1S/C21H20N6O3S/c1-29-15-8-9-16(18(13-15)30-2)23-19(28)14-31-21-25-24-20(17-7-3-4-10-22-17)27(21)26-11-5-6-12-26/h3-13H,14H2,1-2H3,(H,23,28). The molecule has 9 nitrogen and oxygen atoms in total. The van der Waals surface area contributed by atoms with Crippen LogP contribution in [0.3, 0.4) is 0 Å². The molecule has 0 unspecified atom stereocenters. The van der Waals surface area contributed by atoms with Crippen LogP contribution in [0, 0.1) is 0 Å². The van der Waals surface area contributed by atoms with Crippen molar-refractivity contribution in [3.8, 4) is 23.0 Å². The zero-order valence-corrected chi connectivity index (χ0v) is 17.7. The predicted molar refractivity (Wildman–Crippen MR) is 117 cm³/mol. The molecule has 3 aromatic heterocycles. The molecule has 0 spiro atoms. The summed E-state index contributed by atoms with van der Waals surface area (Å²) in [6.45, 7) is 0. The first-order chi connectivity index (χ1) is 15.2. The fourth-order valence-electron chi connectivity index (χ4n) is 2.90. The predicted octanol–water partition coefficient (Wildman–Crippen LogP) is 3.20. The molecule has 1 amide bonds. The van der Waals surface area contributed by atoms with Crippen molar-refractivity contribution < 1.29 is 14.3 Å². The Morgan fingerprint density at radius 2 is 1.90 bits per heavy atom. The molecule has 0 bridgehead atoms. The van der Waals surface area contributed by atoms with E-state index in [1.165, 1.54) is 18.9 Å². The number of amides is 1. The summed E-state index contributed by atoms with van der Waals surface area (Å²) in [6.07, 6.45) is 5.46. The molecule has 0 atom stereocenters. The lowest BCUT2D eigenvalue weighted by Crippen LogP contribution is -2.16. The summed E-state index contributed by atoms with van der Waals surface area (Å²) < 4.78 is 14.2. The first kappa shape index (κ1) is 20.5. The number of carbonyl (C=O) groups is 1. The van der Waals surface area contributed by atoms with Crippen molar-refractivity contribution in [3.63, 3.8) is 0 Å². The molecule has 10 heteroatoms. The van der Waals surface area contributed by atoms with Crippen LogP contribution >= 0.6 is 11.8 Å². The Balaban J connectivity index is 1.53. The molecule has 3 heterocycles. The van der Waals surface area contributed by atoms with Gasteiger partial charge in [-0.25, -0.2) is 4.68 Å². The van der Waals surface area contributed by atoms with Gasteiger partial charge in [0.15, 0.2) is 0 Å². The topological polar surface area (TPSA) is 96.1 Å². The number of anilines is 1. The van der Waals surface area contributed by atoms with E-state index in [0.29, 0.717) is 33.9 Å². The highest BCUT2D eigenvalue weighted by Crippen LogP contribution is 2.29. The van der Waals surface area contributed by atoms with Gasteiger partial charge in [-0.05, 0) is 36.4 Å². The SMILES string of the molecule is COc1ccc(NC(=O)CSc2nnc(-c3ccccn3)n2-n2cccc2)c(OC)c1. The van der Waals surface area contributed by atoms with Gasteiger partial charge in [-0.2, -0.15) is 0 Å². The van der Waals surface area contributed by atoms with Crippen molar-refractivity contribution in [2.45, 2.75) is 5.16 Å². The lowest BCUT2D eigenvalue weighted by molar-refractivity contribution is -0.113. The van der Waals surface area contributed by atoms with Gasteiger partial charge < -0.3 is 14.8 Å². The second-order valence-corrected chi connectivity index (χ2v) is 7.24. The number of nitrogens with one attached hydrogen (secondary N) is 1. The quantitative estimate of drug-likeness (QED) is 0.424. The number of hydrogen-bond acceptors (Lipinski definition) is 7. The van der Waals surface area contributed by atoms with Crippen molar-refractivity contribution in [1.82, 2.24) is 24.5 Å². The minimum Gasteiger partial charge on any atom is -0.497 e. The number of hydrogen-bond donors (Lipinski definition) is 1. The minimum absolute atomic E-state index is 0.136. The van der Waals surface area contributed by atoms with E-state index in [1.807, 2.05) is 52.1 Å². The maximum atomic E-state index is 12.6. The van der Waals surface area contributed by atoms with Crippen LogP contribution in [0.5, 0.6) is 11.5 Å². The van der Waals surface area contributed by atoms with Gasteiger partial charge in [0.1, 0.15) is 17.2 Å². The average Bonchev–Trinajstić information content (AvgIpc) is 3.48. The van der Waals surface area contributed by atoms with Crippen LogP contribution in [0.4, 0.5) is 5.69 Å². The molecular weight excluding hydrogens is 416 g/mol. The second kappa shape index (κ2) is 9.35. The molecule has 1 N–H and O–H groups in total. The molecule has 0 fully saturated rings. The van der Waals surface area contributed by atoms with Gasteiger partial charge >= 0.3 is 0 Å². The molecule has 0 saturated carbocycles. The third-order valence-electron chi connectivity index (χ3n) is 4.34. The van der Waals surface area contributed by atoms with E-state index in [1.54, 1.807) is 31.5 Å². The van der Waals surface area contributed by atoms with Crippen LogP contribution in [0.25, 0.3) is 11.5 Å². The maximum Gasteiger partial charge on any atom is 0.234 e. The molecule has 4 aromatic rings. The van der Waals surface area contributed by atoms with Gasteiger partial charge in [0.2, 0.25) is 16.9 Å². The van der Waals surface area contributed by atoms with E-state index in [9.17, 15) is 4.79 Å². The van der Waals surface area contributed by atoms with Crippen molar-refractivity contribution in [1.29, 1.82) is 0 Å². The van der Waals surface area contributed by atoms with Crippen molar-refractivity contribution >= 4 is 23.4 Å². The summed E-state index contributed by atoms with van der Waals surface area (Å²) in [6, 6.07) is 14.6. The summed E-state index contributed by atoms with van der Waals surface area (Å²) in [4.78, 5) is 17.0. The fourth-order valence-corrected chi connectivity index (χ4v) is 3.63. The van der Waals surface area contributed by atoms with Gasteiger partial charge in [-0.3, -0.25) is 14.5 Å². The van der Waals surface area contributed by atoms with Crippen molar-refractivity contribution in [2.75, 3.05) is 25.3 Å². The van der Waals surface area contributed by atoms with Gasteiger partial charge in [-0.15, -0.1) is 10.2 Å². The lowest BCUT2D eigenvalue weighted by atomic mass is 10.2. The largest absolute Gasteiger partial charge is 0.497 e. The van der Waals surface area contributed by atoms with E-state index in [0.717, 1.165) is 0 Å². The van der Waals surface area contributed by atoms with Crippen LogP contribution in [-0.4, -0.2) is 50.4 Å². The highest BCUT2D eigenvalue weighted by atomic mass is 32.2. The average molecular weight is 436 g/mol. The molecule has 158 valence electrons. The van der Waals surface area contributed by atoms with Crippen LogP contribution in [0.15, 0.2) is 72.3 Å². The van der Waals surface area contributed by atoms with Crippen LogP contribution < -0.4 is 14.8 Å². The van der Waals surface area contributed by atoms with Gasteiger partial charge in [0.25, 0.3) is 0 Å². The van der Waals surface area contributed by atoms with E-state index in [-0.39, 0.29) is 11.7 Å². The number of rotatable bonds is 8. The van der Waals surface area contributed by atoms with Crippen LogP contribution in [0.2, 0.25) is 0 Å². The summed E-state index contributed by atoms with van der Waals surface area (Å²) in [5.41, 5.74) is 1.25. The third kappa shape index (κ3) is 4.53. The Morgan fingerprint density at radius 1 is 1.06 bits per heavy atom. The Hall–Kier alpha value is -3.79. The van der Waals surface area contributed by atoms with E-state index in [2.05, 4.69) is 20.5 Å². The summed E-state index contributed by atoms with van der Waals surface area (Å²) in [5.74, 6) is 1.68. The molecule has 31 heavy (non-hydrogen) atoms. The Labute approximate surface area is 183 Å². The molecule has 0 radical (unpaired) electrons. The smallest absolute Gasteiger partial charge is 0.234 e. The van der Waals surface area contributed by atoms with Gasteiger partial charge in [0.05, 0.1) is 25.7 Å². The van der Waals surface area contributed by atoms with E-state index in [4.69, 9.17) is 9.47 Å². The lowest BCUT2D eigenvalue weighted by Gasteiger charge is -2.12. The van der Waals surface area contributed by atoms with Gasteiger partial charge in [-0.1, -0.05) is 17.8 Å². The molecule has 0 aliphatic heterocycles. The molecule has 0 aliphatic rings. The zero-order chi connectivity index (χ0) is 21.6. The van der Waals surface area contributed by atoms with E-state index >= 15 is 0 Å². The first-order valence-corrected chi connectivity index (χ1v) is 10.3. The van der Waals surface area contributed by atoms with Crippen molar-refractivity contribution in [2.24, 2.45) is 0 Å². The fraction of sp³-hybridized carbons (Fsp3) is 0.143. The summed E-state index contributed by atoms with van der Waals surface area (Å²) in [7, 11) is 3.11. The Kier molecular flexibility index (Phi) is 6.18. The Morgan fingerprint density at radius 3 is 2.61 bits per heavy atom. The van der Waals surface area contributed by atoms with E-state index < -0.39 is 0 Å². The molecule has 4 rings (SSSR count). The molecule has 0 aliphatic carbocycles. The first-order valence-electron chi connectivity index (χ1n) is 9.34. The number of aromatic nitrogens is 5. The highest BCUT2D eigenvalue weighted by molar-refractivity contribution is 7.99. The number of nitrogens with zero attached hydrogens (tertiary/aromatic N) is 5. The second-order valence-electron chi connectivity index (χ2n) is 6.30. The molecule has 1 aromatic carbocycles.